The molecule has 0 aliphatic rings. The number of hydrogen-bond acceptors (Lipinski definition) is 3. The predicted molar refractivity (Wildman–Crippen MR) is 79.3 cm³/mol. The minimum absolute atomic E-state index is 0.0485. The number of carboxylic acids is 1. The van der Waals surface area contributed by atoms with Gasteiger partial charge in [-0.2, -0.15) is 0 Å². The zero-order valence-corrected chi connectivity index (χ0v) is 12.1. The Hall–Kier alpha value is -2.14. The first kappa shape index (κ1) is 12.9. The van der Waals surface area contributed by atoms with Crippen LogP contribution in [0.25, 0.3) is 16.2 Å². The summed E-state index contributed by atoms with van der Waals surface area (Å²) >= 11 is 1.42. The molecular weight excluding hydrogens is 272 g/mol. The first-order valence-corrected chi connectivity index (χ1v) is 7.11. The lowest BCUT2D eigenvalue weighted by atomic mass is 10.0. The van der Waals surface area contributed by atoms with Gasteiger partial charge in [0.15, 0.2) is 4.96 Å². The molecule has 20 heavy (non-hydrogen) atoms. The highest BCUT2D eigenvalue weighted by Gasteiger charge is 2.11. The number of hydrogen-bond donors (Lipinski definition) is 1. The molecule has 0 saturated heterocycles. The fourth-order valence-electron chi connectivity index (χ4n) is 2.30. The summed E-state index contributed by atoms with van der Waals surface area (Å²) in [6, 6.07) is 6.29. The van der Waals surface area contributed by atoms with E-state index in [1.165, 1.54) is 22.5 Å². The van der Waals surface area contributed by atoms with Crippen LogP contribution >= 0.6 is 11.3 Å². The van der Waals surface area contributed by atoms with Gasteiger partial charge in [-0.3, -0.25) is 9.20 Å². The zero-order valence-electron chi connectivity index (χ0n) is 11.3. The molecule has 0 fully saturated rings. The number of nitrogens with zero attached hydrogens (tertiary/aromatic N) is 2. The standard InChI is InChI=1S/C15H14N2O2S/c1-9-3-4-12(10(2)5-9)13-8-17-7-11(6-14(18)19)20-15(17)16-13/h3-5,7-8H,6H2,1-2H3,(H,18,19). The third-order valence-electron chi connectivity index (χ3n) is 3.19. The van der Waals surface area contributed by atoms with E-state index in [1.807, 2.05) is 16.8 Å². The molecule has 0 amide bonds. The average molecular weight is 286 g/mol. The number of aromatic nitrogens is 2. The molecule has 0 unspecified atom stereocenters. The molecule has 0 aliphatic heterocycles. The molecule has 4 nitrogen and oxygen atoms in total. The molecule has 0 radical (unpaired) electrons. The quantitative estimate of drug-likeness (QED) is 0.803. The maximum absolute atomic E-state index is 10.7. The SMILES string of the molecule is Cc1ccc(-c2cn3cc(CC(=O)O)sc3n2)c(C)c1. The van der Waals surface area contributed by atoms with Gasteiger partial charge in [-0.15, -0.1) is 11.3 Å². The van der Waals surface area contributed by atoms with E-state index in [0.717, 1.165) is 21.1 Å². The molecule has 1 aromatic carbocycles. The lowest BCUT2D eigenvalue weighted by Crippen LogP contribution is -1.97. The summed E-state index contributed by atoms with van der Waals surface area (Å²) in [5.74, 6) is -0.816. The van der Waals surface area contributed by atoms with E-state index in [2.05, 4.69) is 37.0 Å². The molecule has 0 bridgehead atoms. The Labute approximate surface area is 120 Å². The number of imidazole rings is 1. The highest BCUT2D eigenvalue weighted by atomic mass is 32.1. The van der Waals surface area contributed by atoms with Gasteiger partial charge in [-0.25, -0.2) is 4.98 Å². The van der Waals surface area contributed by atoms with Gasteiger partial charge in [-0.05, 0) is 19.4 Å². The van der Waals surface area contributed by atoms with Crippen molar-refractivity contribution in [3.63, 3.8) is 0 Å². The summed E-state index contributed by atoms with van der Waals surface area (Å²) in [6.07, 6.45) is 3.84. The van der Waals surface area contributed by atoms with Gasteiger partial charge in [0.05, 0.1) is 12.1 Å². The normalized spacial score (nSPS) is 11.1. The summed E-state index contributed by atoms with van der Waals surface area (Å²) in [4.78, 5) is 16.9. The summed E-state index contributed by atoms with van der Waals surface area (Å²) in [7, 11) is 0. The topological polar surface area (TPSA) is 54.6 Å². The largest absolute Gasteiger partial charge is 0.481 e. The zero-order chi connectivity index (χ0) is 14.3. The van der Waals surface area contributed by atoms with Gasteiger partial charge in [0.2, 0.25) is 0 Å². The highest BCUT2D eigenvalue weighted by molar-refractivity contribution is 7.17. The van der Waals surface area contributed by atoms with Gasteiger partial charge in [-0.1, -0.05) is 23.8 Å². The monoisotopic (exact) mass is 286 g/mol. The number of carbonyl (C=O) groups is 1. The number of thiazole rings is 1. The van der Waals surface area contributed by atoms with Crippen LogP contribution < -0.4 is 0 Å². The van der Waals surface area contributed by atoms with Crippen molar-refractivity contribution < 1.29 is 9.90 Å². The van der Waals surface area contributed by atoms with E-state index < -0.39 is 5.97 Å². The maximum atomic E-state index is 10.7. The molecule has 0 aliphatic carbocycles. The molecule has 0 atom stereocenters. The molecule has 2 aromatic heterocycles. The Morgan fingerprint density at radius 1 is 1.35 bits per heavy atom. The van der Waals surface area contributed by atoms with Crippen LogP contribution in [0.4, 0.5) is 0 Å². The van der Waals surface area contributed by atoms with Gasteiger partial charge in [0, 0.05) is 22.8 Å². The smallest absolute Gasteiger partial charge is 0.308 e. The Morgan fingerprint density at radius 3 is 2.80 bits per heavy atom. The van der Waals surface area contributed by atoms with Gasteiger partial charge in [0.1, 0.15) is 0 Å². The van der Waals surface area contributed by atoms with Crippen LogP contribution in [0.5, 0.6) is 0 Å². The van der Waals surface area contributed by atoms with Crippen LogP contribution in [0, 0.1) is 13.8 Å². The Balaban J connectivity index is 2.01. The second kappa shape index (κ2) is 4.76. The van der Waals surface area contributed by atoms with E-state index in [4.69, 9.17) is 5.11 Å². The van der Waals surface area contributed by atoms with Crippen molar-refractivity contribution in [1.29, 1.82) is 0 Å². The van der Waals surface area contributed by atoms with Crippen molar-refractivity contribution in [2.24, 2.45) is 0 Å². The summed E-state index contributed by atoms with van der Waals surface area (Å²) in [6.45, 7) is 4.15. The third-order valence-corrected chi connectivity index (χ3v) is 4.18. The third kappa shape index (κ3) is 2.32. The molecule has 0 saturated carbocycles. The number of benzene rings is 1. The molecule has 5 heteroatoms. The number of rotatable bonds is 3. The van der Waals surface area contributed by atoms with Crippen molar-refractivity contribution in [2.45, 2.75) is 20.3 Å². The van der Waals surface area contributed by atoms with E-state index in [0.29, 0.717) is 0 Å². The number of aryl methyl sites for hydroxylation is 2. The van der Waals surface area contributed by atoms with E-state index >= 15 is 0 Å². The number of fused-ring (bicyclic) bond motifs is 1. The Morgan fingerprint density at radius 2 is 2.15 bits per heavy atom. The fourth-order valence-corrected chi connectivity index (χ4v) is 3.26. The molecule has 3 aromatic rings. The van der Waals surface area contributed by atoms with Crippen molar-refractivity contribution in [3.8, 4) is 11.3 Å². The fraction of sp³-hybridized carbons (Fsp3) is 0.200. The summed E-state index contributed by atoms with van der Waals surface area (Å²) < 4.78 is 1.90. The van der Waals surface area contributed by atoms with Gasteiger partial charge < -0.3 is 5.11 Å². The van der Waals surface area contributed by atoms with E-state index in [9.17, 15) is 4.79 Å². The van der Waals surface area contributed by atoms with Gasteiger partial charge >= 0.3 is 5.97 Å². The minimum atomic E-state index is -0.816. The van der Waals surface area contributed by atoms with E-state index in [-0.39, 0.29) is 6.42 Å². The predicted octanol–water partition coefficient (Wildman–Crippen LogP) is 3.31. The lowest BCUT2D eigenvalue weighted by Gasteiger charge is -2.03. The van der Waals surface area contributed by atoms with Crippen LogP contribution in [0.1, 0.15) is 16.0 Å². The van der Waals surface area contributed by atoms with Crippen LogP contribution in [0.2, 0.25) is 0 Å². The second-order valence-corrected chi connectivity index (χ2v) is 6.00. The Kier molecular flexibility index (Phi) is 3.06. The molecule has 102 valence electrons. The van der Waals surface area contributed by atoms with Crippen LogP contribution in [0.3, 0.4) is 0 Å². The summed E-state index contributed by atoms with van der Waals surface area (Å²) in [5.41, 5.74) is 4.47. The minimum Gasteiger partial charge on any atom is -0.481 e. The van der Waals surface area contributed by atoms with Crippen LogP contribution in [-0.2, 0) is 11.2 Å². The lowest BCUT2D eigenvalue weighted by molar-refractivity contribution is -0.136. The van der Waals surface area contributed by atoms with Crippen molar-refractivity contribution >= 4 is 22.3 Å². The number of aliphatic carboxylic acids is 1. The molecule has 2 heterocycles. The first-order chi connectivity index (χ1) is 9.52. The molecule has 0 spiro atoms. The van der Waals surface area contributed by atoms with Crippen LogP contribution in [0.15, 0.2) is 30.6 Å². The molecular formula is C15H14N2O2S. The number of carboxylic acid groups (broad SMARTS) is 1. The van der Waals surface area contributed by atoms with Crippen molar-refractivity contribution in [2.75, 3.05) is 0 Å². The Bertz CT molecular complexity index is 770. The van der Waals surface area contributed by atoms with Gasteiger partial charge in [0.25, 0.3) is 0 Å². The molecule has 3 rings (SSSR count). The van der Waals surface area contributed by atoms with Crippen molar-refractivity contribution in [1.82, 2.24) is 9.38 Å². The highest BCUT2D eigenvalue weighted by Crippen LogP contribution is 2.27. The van der Waals surface area contributed by atoms with E-state index in [1.54, 1.807) is 0 Å². The van der Waals surface area contributed by atoms with Crippen LogP contribution in [-0.4, -0.2) is 20.5 Å². The summed E-state index contributed by atoms with van der Waals surface area (Å²) in [5, 5.41) is 8.80. The second-order valence-electron chi connectivity index (χ2n) is 4.90. The average Bonchev–Trinajstić information content (AvgIpc) is 2.85. The van der Waals surface area contributed by atoms with Crippen molar-refractivity contribution in [3.05, 3.63) is 46.6 Å². The molecule has 1 N–H and O–H groups in total. The first-order valence-electron chi connectivity index (χ1n) is 6.30. The maximum Gasteiger partial charge on any atom is 0.308 e.